The third kappa shape index (κ3) is 3.25. The number of phenols is 1. The van der Waals surface area contributed by atoms with Crippen LogP contribution in [0.3, 0.4) is 0 Å². The number of nitrogens with two attached hydrogens (primary N) is 1. The summed E-state index contributed by atoms with van der Waals surface area (Å²) >= 11 is 0. The first kappa shape index (κ1) is 25.1. The molecule has 3 aliphatic rings. The van der Waals surface area contributed by atoms with Gasteiger partial charge in [0.15, 0.2) is 5.60 Å². The first-order chi connectivity index (χ1) is 16.9. The molecule has 0 bridgehead atoms. The number of Topliss-reactive ketones (excluding diaryl/α,β-unsaturated/α-hetero) is 1. The molecule has 1 aromatic rings. The molecule has 4 atom stereocenters. The molecule has 0 aromatic heterocycles. The highest BCUT2D eigenvalue weighted by Crippen LogP contribution is 2.52. The molecule has 186 valence electrons. The van der Waals surface area contributed by atoms with Crippen molar-refractivity contribution in [3.05, 3.63) is 45.2 Å². The number of ketones is 1. The number of aliphatic hydroxyl groups is 3. The lowest BCUT2D eigenvalue weighted by Gasteiger charge is -2.51. The average Bonchev–Trinajstić information content (AvgIpc) is 2.79. The second kappa shape index (κ2) is 8.56. The smallest absolute Gasteiger partial charge is 0.254 e. The van der Waals surface area contributed by atoms with E-state index in [0.717, 1.165) is 0 Å². The van der Waals surface area contributed by atoms with Crippen LogP contribution < -0.4 is 5.73 Å². The molecule has 1 fully saturated rings. The van der Waals surface area contributed by atoms with E-state index in [1.165, 1.54) is 0 Å². The van der Waals surface area contributed by atoms with Crippen LogP contribution in [0, 0.1) is 40.9 Å². The van der Waals surface area contributed by atoms with Gasteiger partial charge in [-0.3, -0.25) is 14.5 Å². The van der Waals surface area contributed by atoms with Crippen molar-refractivity contribution < 1.29 is 30.0 Å². The largest absolute Gasteiger partial charge is 0.510 e. The summed E-state index contributed by atoms with van der Waals surface area (Å²) in [6, 6.07) is 0.652. The number of nitrogens with zero attached hydrogens (tertiary/aromatic N) is 1. The number of carbonyl (C=O) groups excluding carboxylic acids is 2. The van der Waals surface area contributed by atoms with Gasteiger partial charge < -0.3 is 31.6 Å². The monoisotopic (exact) mass is 489 g/mol. The van der Waals surface area contributed by atoms with Crippen LogP contribution in [0.25, 0.3) is 5.76 Å². The van der Waals surface area contributed by atoms with Crippen LogP contribution in [0.5, 0.6) is 5.75 Å². The molecule has 3 aliphatic carbocycles. The topological polar surface area (TPSA) is 168 Å². The minimum Gasteiger partial charge on any atom is -0.510 e. The van der Waals surface area contributed by atoms with Crippen molar-refractivity contribution in [3.63, 3.8) is 0 Å². The molecule has 9 heteroatoms. The number of benzene rings is 1. The van der Waals surface area contributed by atoms with Crippen molar-refractivity contribution in [2.45, 2.75) is 38.3 Å². The Kier molecular flexibility index (Phi) is 5.96. The maximum absolute atomic E-state index is 13.9. The normalized spacial score (nSPS) is 26.9. The number of fused-ring (bicyclic) bond motifs is 3. The zero-order valence-electron chi connectivity index (χ0n) is 20.4. The summed E-state index contributed by atoms with van der Waals surface area (Å²) in [6.07, 6.45) is 0.309. The number of amides is 1. The Balaban J connectivity index is 2.01. The summed E-state index contributed by atoms with van der Waals surface area (Å²) < 4.78 is 0. The van der Waals surface area contributed by atoms with Crippen molar-refractivity contribution in [2.75, 3.05) is 14.1 Å². The summed E-state index contributed by atoms with van der Waals surface area (Å²) in [5.41, 5.74) is 2.62. The standard InChI is InChI=1S/C27H27N3O6/c1-5-7-12-9-13(8-6-2)21(31)18-15(12)10-14-11-16-20(30(3)4)23(33)19(26(29)35)24(28)27(16,36)25(34)17(14)22(18)32/h9,14,16,20,28,31-33,36H,10-11H2,1-4H3,(H2,29,35)/t14-,16-,20-,27+/m0/s1. The van der Waals surface area contributed by atoms with Crippen LogP contribution >= 0.6 is 0 Å². The Bertz CT molecular complexity index is 1430. The average molecular weight is 490 g/mol. The molecule has 36 heavy (non-hydrogen) atoms. The van der Waals surface area contributed by atoms with E-state index >= 15 is 0 Å². The first-order valence-corrected chi connectivity index (χ1v) is 11.3. The predicted molar refractivity (Wildman–Crippen MR) is 132 cm³/mol. The van der Waals surface area contributed by atoms with E-state index in [1.54, 1.807) is 38.9 Å². The molecular weight excluding hydrogens is 462 g/mol. The van der Waals surface area contributed by atoms with Crippen molar-refractivity contribution in [1.82, 2.24) is 4.90 Å². The van der Waals surface area contributed by atoms with Gasteiger partial charge in [-0.15, -0.1) is 11.8 Å². The van der Waals surface area contributed by atoms with Gasteiger partial charge in [0, 0.05) is 17.1 Å². The van der Waals surface area contributed by atoms with Gasteiger partial charge in [0.1, 0.15) is 22.8 Å². The Morgan fingerprint density at radius 1 is 1.17 bits per heavy atom. The fraction of sp³-hybridized carbons (Fsp3) is 0.370. The van der Waals surface area contributed by atoms with Gasteiger partial charge in [0.05, 0.1) is 22.9 Å². The van der Waals surface area contributed by atoms with Gasteiger partial charge >= 0.3 is 0 Å². The molecule has 1 saturated carbocycles. The Hall–Kier alpha value is -4.05. The van der Waals surface area contributed by atoms with Crippen molar-refractivity contribution >= 4 is 23.2 Å². The molecule has 4 rings (SSSR count). The first-order valence-electron chi connectivity index (χ1n) is 11.3. The Morgan fingerprint density at radius 2 is 1.78 bits per heavy atom. The second-order valence-electron chi connectivity index (χ2n) is 9.43. The predicted octanol–water partition coefficient (Wildman–Crippen LogP) is 1.16. The van der Waals surface area contributed by atoms with E-state index in [-0.39, 0.29) is 35.3 Å². The molecule has 0 unspecified atom stereocenters. The molecular formula is C27H27N3O6. The molecule has 0 aliphatic heterocycles. The highest BCUT2D eigenvalue weighted by Gasteiger charge is 2.63. The lowest BCUT2D eigenvalue weighted by Crippen LogP contribution is -2.67. The number of aliphatic hydroxyl groups excluding tert-OH is 2. The second-order valence-corrected chi connectivity index (χ2v) is 9.43. The van der Waals surface area contributed by atoms with Gasteiger partial charge in [-0.1, -0.05) is 11.8 Å². The molecule has 0 heterocycles. The molecule has 0 saturated heterocycles. The number of hydrogen-bond acceptors (Lipinski definition) is 8. The zero-order chi connectivity index (χ0) is 26.7. The van der Waals surface area contributed by atoms with Gasteiger partial charge in [-0.05, 0) is 58.3 Å². The van der Waals surface area contributed by atoms with Crippen LogP contribution in [0.2, 0.25) is 0 Å². The third-order valence-electron chi connectivity index (χ3n) is 7.29. The van der Waals surface area contributed by atoms with E-state index in [4.69, 9.17) is 11.1 Å². The highest BCUT2D eigenvalue weighted by atomic mass is 16.3. The number of primary amides is 1. The van der Waals surface area contributed by atoms with Crippen molar-refractivity contribution in [3.8, 4) is 29.4 Å². The van der Waals surface area contributed by atoms with Gasteiger partial charge in [-0.25, -0.2) is 0 Å². The number of nitrogens with one attached hydrogen (secondary N) is 1. The number of carbonyl (C=O) groups is 2. The molecule has 0 radical (unpaired) electrons. The fourth-order valence-electron chi connectivity index (χ4n) is 5.84. The number of phenolic OH excluding ortho intramolecular Hbond substituents is 1. The Labute approximate surface area is 208 Å². The highest BCUT2D eigenvalue weighted by molar-refractivity contribution is 6.33. The molecule has 7 N–H and O–H groups in total. The maximum atomic E-state index is 13.9. The van der Waals surface area contributed by atoms with Crippen LogP contribution in [-0.4, -0.2) is 68.5 Å². The molecule has 0 spiro atoms. The lowest BCUT2D eigenvalue weighted by molar-refractivity contribution is -0.138. The minimum absolute atomic E-state index is 0.00895. The van der Waals surface area contributed by atoms with Gasteiger partial charge in [-0.2, -0.15) is 0 Å². The summed E-state index contributed by atoms with van der Waals surface area (Å²) in [5.74, 6) is 6.21. The van der Waals surface area contributed by atoms with Crippen LogP contribution in [0.4, 0.5) is 0 Å². The molecule has 1 amide bonds. The van der Waals surface area contributed by atoms with Gasteiger partial charge in [0.2, 0.25) is 5.78 Å². The van der Waals surface area contributed by atoms with Crippen LogP contribution in [-0.2, 0) is 16.0 Å². The van der Waals surface area contributed by atoms with E-state index < -0.39 is 58.0 Å². The third-order valence-corrected chi connectivity index (χ3v) is 7.29. The fourth-order valence-corrected chi connectivity index (χ4v) is 5.84. The quantitative estimate of drug-likeness (QED) is 0.339. The summed E-state index contributed by atoms with van der Waals surface area (Å²) in [6.45, 7) is 3.24. The summed E-state index contributed by atoms with van der Waals surface area (Å²) in [7, 11) is 3.23. The molecule has 9 nitrogen and oxygen atoms in total. The van der Waals surface area contributed by atoms with Crippen molar-refractivity contribution in [1.29, 1.82) is 5.41 Å². The molecule has 1 aromatic carbocycles. The Morgan fingerprint density at radius 3 is 2.33 bits per heavy atom. The van der Waals surface area contributed by atoms with Gasteiger partial charge in [0.25, 0.3) is 5.91 Å². The lowest BCUT2D eigenvalue weighted by atomic mass is 9.56. The van der Waals surface area contributed by atoms with E-state index in [2.05, 4.69) is 23.7 Å². The number of likely N-dealkylation sites (N-methyl/N-ethyl adjacent to an activating group) is 1. The number of hydrogen-bond donors (Lipinski definition) is 6. The van der Waals surface area contributed by atoms with Crippen LogP contribution in [0.1, 0.15) is 42.5 Å². The summed E-state index contributed by atoms with van der Waals surface area (Å²) in [5, 5.41) is 53.4. The van der Waals surface area contributed by atoms with E-state index in [1.807, 2.05) is 0 Å². The van der Waals surface area contributed by atoms with Crippen LogP contribution in [0.15, 0.2) is 23.0 Å². The van der Waals surface area contributed by atoms with Crippen molar-refractivity contribution in [2.24, 2.45) is 17.6 Å². The van der Waals surface area contributed by atoms with E-state index in [0.29, 0.717) is 11.1 Å². The SMILES string of the molecule is CC#Cc1cc(C#CC)c2c(c1O)C(O)=C1C(=O)[C@]3(O)C(=N)C(C(N)=O)=C(O)[C@@H](N(C)C)[C@@H]3C[C@@H]1C2. The zero-order valence-corrected chi connectivity index (χ0v) is 20.4. The van der Waals surface area contributed by atoms with E-state index in [9.17, 15) is 30.0 Å². The summed E-state index contributed by atoms with van der Waals surface area (Å²) in [4.78, 5) is 27.6. The number of rotatable bonds is 2. The number of aromatic hydroxyl groups is 1. The minimum atomic E-state index is -2.52. The maximum Gasteiger partial charge on any atom is 0.254 e.